The summed E-state index contributed by atoms with van der Waals surface area (Å²) in [6.45, 7) is 0. The molecule has 3 atom stereocenters. The normalized spacial score (nSPS) is 23.6. The molecule has 1 aromatic carbocycles. The van der Waals surface area contributed by atoms with Gasteiger partial charge in [0.15, 0.2) is 0 Å². The van der Waals surface area contributed by atoms with Crippen molar-refractivity contribution in [2.45, 2.75) is 43.7 Å². The number of carbonyl (C=O) groups is 1. The smallest absolute Gasteiger partial charge is 0.244 e. The van der Waals surface area contributed by atoms with Gasteiger partial charge in [-0.15, -0.1) is 0 Å². The van der Waals surface area contributed by atoms with Crippen LogP contribution in [0.4, 0.5) is 0 Å². The molecule has 1 saturated carbocycles. The van der Waals surface area contributed by atoms with E-state index in [4.69, 9.17) is 0 Å². The molecule has 0 spiro atoms. The molecule has 4 heteroatoms. The number of likely N-dealkylation sites (N-methyl/N-ethyl adjacent to an activating group) is 1. The van der Waals surface area contributed by atoms with Crippen molar-refractivity contribution in [3.05, 3.63) is 35.9 Å². The molecule has 1 aromatic rings. The predicted molar refractivity (Wildman–Crippen MR) is 75.8 cm³/mol. The zero-order valence-corrected chi connectivity index (χ0v) is 11.7. The molecule has 4 nitrogen and oxygen atoms in total. The van der Waals surface area contributed by atoms with E-state index in [9.17, 15) is 15.2 Å². The van der Waals surface area contributed by atoms with Crippen molar-refractivity contribution in [3.63, 3.8) is 0 Å². The van der Waals surface area contributed by atoms with Crippen LogP contribution in [0.3, 0.4) is 0 Å². The average Bonchev–Trinajstić information content (AvgIpc) is 2.49. The first-order chi connectivity index (χ1) is 9.65. The number of carbonyl (C=O) groups excluding carboxylic acids is 1. The van der Waals surface area contributed by atoms with Gasteiger partial charge in [0.2, 0.25) is 5.91 Å². The van der Waals surface area contributed by atoms with Crippen LogP contribution in [0, 0.1) is 11.3 Å². The Kier molecular flexibility index (Phi) is 4.75. The zero-order valence-electron chi connectivity index (χ0n) is 11.7. The van der Waals surface area contributed by atoms with Crippen LogP contribution in [-0.2, 0) is 4.79 Å². The van der Waals surface area contributed by atoms with Gasteiger partial charge in [-0.1, -0.05) is 43.2 Å². The van der Waals surface area contributed by atoms with Gasteiger partial charge in [0, 0.05) is 7.05 Å². The third-order valence-electron chi connectivity index (χ3n) is 4.05. The molecule has 1 aliphatic rings. The standard InChI is InChI=1S/C16H20N2O2/c1-18(14-9-5-6-10-15(14)19)16(20)13(11-17)12-7-3-2-4-8-12/h2-4,7-8,13-15,19H,5-6,9-10H2,1H3. The van der Waals surface area contributed by atoms with Crippen LogP contribution < -0.4 is 0 Å². The SMILES string of the molecule is CN(C(=O)C(C#N)c1ccccc1)C1CCCCC1O. The molecule has 20 heavy (non-hydrogen) atoms. The van der Waals surface area contributed by atoms with Crippen LogP contribution in [-0.4, -0.2) is 35.1 Å². The first-order valence-electron chi connectivity index (χ1n) is 7.04. The molecule has 3 unspecified atom stereocenters. The summed E-state index contributed by atoms with van der Waals surface area (Å²) in [6, 6.07) is 11.0. The maximum absolute atomic E-state index is 12.5. The summed E-state index contributed by atoms with van der Waals surface area (Å²) in [5.41, 5.74) is 0.706. The molecular formula is C16H20N2O2. The summed E-state index contributed by atoms with van der Waals surface area (Å²) in [6.07, 6.45) is 3.07. The largest absolute Gasteiger partial charge is 0.391 e. The first-order valence-corrected chi connectivity index (χ1v) is 7.04. The lowest BCUT2D eigenvalue weighted by Crippen LogP contribution is -2.47. The van der Waals surface area contributed by atoms with Gasteiger partial charge < -0.3 is 10.0 Å². The van der Waals surface area contributed by atoms with Crippen molar-refractivity contribution in [2.75, 3.05) is 7.05 Å². The number of aliphatic hydroxyl groups is 1. The Labute approximate surface area is 119 Å². The number of benzene rings is 1. The topological polar surface area (TPSA) is 64.3 Å². The summed E-state index contributed by atoms with van der Waals surface area (Å²) in [4.78, 5) is 14.1. The number of nitrogens with zero attached hydrogens (tertiary/aromatic N) is 2. The lowest BCUT2D eigenvalue weighted by atomic mass is 9.90. The maximum Gasteiger partial charge on any atom is 0.244 e. The number of nitriles is 1. The summed E-state index contributed by atoms with van der Waals surface area (Å²) in [5.74, 6) is -1.03. The molecule has 106 valence electrons. The molecule has 0 radical (unpaired) electrons. The van der Waals surface area contributed by atoms with Gasteiger partial charge in [0.25, 0.3) is 0 Å². The number of rotatable bonds is 3. The van der Waals surface area contributed by atoms with E-state index < -0.39 is 12.0 Å². The Morgan fingerprint density at radius 2 is 2.00 bits per heavy atom. The Morgan fingerprint density at radius 1 is 1.35 bits per heavy atom. The fraction of sp³-hybridized carbons (Fsp3) is 0.500. The lowest BCUT2D eigenvalue weighted by molar-refractivity contribution is -0.135. The molecule has 1 amide bonds. The van der Waals surface area contributed by atoms with Crippen molar-refractivity contribution >= 4 is 5.91 Å². The third-order valence-corrected chi connectivity index (χ3v) is 4.05. The molecule has 1 N–H and O–H groups in total. The van der Waals surface area contributed by atoms with Gasteiger partial charge in [0.05, 0.1) is 18.2 Å². The van der Waals surface area contributed by atoms with Crippen LogP contribution in [0.15, 0.2) is 30.3 Å². The summed E-state index contributed by atoms with van der Waals surface area (Å²) >= 11 is 0. The summed E-state index contributed by atoms with van der Waals surface area (Å²) in [7, 11) is 1.69. The van der Waals surface area contributed by atoms with Crippen molar-refractivity contribution in [1.82, 2.24) is 4.90 Å². The van der Waals surface area contributed by atoms with Crippen molar-refractivity contribution in [1.29, 1.82) is 5.26 Å². The highest BCUT2D eigenvalue weighted by Crippen LogP contribution is 2.25. The van der Waals surface area contributed by atoms with Gasteiger partial charge in [0.1, 0.15) is 5.92 Å². The van der Waals surface area contributed by atoms with Crippen LogP contribution in [0.1, 0.15) is 37.2 Å². The van der Waals surface area contributed by atoms with Gasteiger partial charge in [-0.25, -0.2) is 0 Å². The highest BCUT2D eigenvalue weighted by molar-refractivity contribution is 5.86. The lowest BCUT2D eigenvalue weighted by Gasteiger charge is -2.36. The van der Waals surface area contributed by atoms with E-state index in [0.717, 1.165) is 25.7 Å². The van der Waals surface area contributed by atoms with Gasteiger partial charge in [-0.3, -0.25) is 4.79 Å². The number of hydrogen-bond acceptors (Lipinski definition) is 3. The van der Waals surface area contributed by atoms with E-state index in [0.29, 0.717) is 5.56 Å². The van der Waals surface area contributed by atoms with E-state index >= 15 is 0 Å². The van der Waals surface area contributed by atoms with Crippen LogP contribution >= 0.6 is 0 Å². The van der Waals surface area contributed by atoms with Crippen molar-refractivity contribution in [3.8, 4) is 6.07 Å². The molecule has 0 bridgehead atoms. The fourth-order valence-electron chi connectivity index (χ4n) is 2.83. The fourth-order valence-corrected chi connectivity index (χ4v) is 2.83. The summed E-state index contributed by atoms with van der Waals surface area (Å²) in [5, 5.41) is 19.3. The van der Waals surface area contributed by atoms with E-state index in [1.54, 1.807) is 24.1 Å². The minimum absolute atomic E-state index is 0.171. The molecule has 0 saturated heterocycles. The highest BCUT2D eigenvalue weighted by Gasteiger charge is 2.33. The molecule has 0 aliphatic heterocycles. The minimum atomic E-state index is -0.796. The van der Waals surface area contributed by atoms with Crippen molar-refractivity contribution in [2.24, 2.45) is 0 Å². The third kappa shape index (κ3) is 3.00. The first kappa shape index (κ1) is 14.5. The number of hydrogen-bond donors (Lipinski definition) is 1. The zero-order chi connectivity index (χ0) is 14.5. The van der Waals surface area contributed by atoms with E-state index in [1.165, 1.54) is 0 Å². The van der Waals surface area contributed by atoms with Gasteiger partial charge >= 0.3 is 0 Å². The quantitative estimate of drug-likeness (QED) is 0.916. The molecule has 1 aliphatic carbocycles. The van der Waals surface area contributed by atoms with Crippen LogP contribution in [0.25, 0.3) is 0 Å². The molecule has 2 rings (SSSR count). The van der Waals surface area contributed by atoms with Crippen molar-refractivity contribution < 1.29 is 9.90 Å². The predicted octanol–water partition coefficient (Wildman–Crippen LogP) is 2.06. The second-order valence-corrected chi connectivity index (χ2v) is 5.34. The second-order valence-electron chi connectivity index (χ2n) is 5.34. The Bertz CT molecular complexity index is 495. The van der Waals surface area contributed by atoms with Crippen LogP contribution in [0.2, 0.25) is 0 Å². The van der Waals surface area contributed by atoms with Gasteiger partial charge in [-0.2, -0.15) is 5.26 Å². The van der Waals surface area contributed by atoms with Crippen LogP contribution in [0.5, 0.6) is 0 Å². The Morgan fingerprint density at radius 3 is 2.60 bits per heavy atom. The Hall–Kier alpha value is -1.86. The minimum Gasteiger partial charge on any atom is -0.391 e. The maximum atomic E-state index is 12.5. The molecular weight excluding hydrogens is 252 g/mol. The highest BCUT2D eigenvalue weighted by atomic mass is 16.3. The Balaban J connectivity index is 2.14. The van der Waals surface area contributed by atoms with E-state index in [-0.39, 0.29) is 11.9 Å². The molecule has 0 heterocycles. The van der Waals surface area contributed by atoms with E-state index in [1.807, 2.05) is 18.2 Å². The van der Waals surface area contributed by atoms with E-state index in [2.05, 4.69) is 6.07 Å². The summed E-state index contributed by atoms with van der Waals surface area (Å²) < 4.78 is 0. The number of amides is 1. The van der Waals surface area contributed by atoms with Gasteiger partial charge in [-0.05, 0) is 18.4 Å². The molecule has 0 aromatic heterocycles. The number of aliphatic hydroxyl groups excluding tert-OH is 1. The molecule has 1 fully saturated rings. The average molecular weight is 272 g/mol. The monoisotopic (exact) mass is 272 g/mol. The second kappa shape index (κ2) is 6.53.